The van der Waals surface area contributed by atoms with Gasteiger partial charge in [0.1, 0.15) is 5.82 Å². The fourth-order valence-corrected chi connectivity index (χ4v) is 5.20. The highest BCUT2D eigenvalue weighted by atomic mass is 32.2. The lowest BCUT2D eigenvalue weighted by molar-refractivity contribution is 0.0896. The second-order valence-corrected chi connectivity index (χ2v) is 9.18. The van der Waals surface area contributed by atoms with Crippen LogP contribution < -0.4 is 0 Å². The molecular formula is C20H24FN3O4S. The quantitative estimate of drug-likeness (QED) is 0.722. The van der Waals surface area contributed by atoms with Crippen LogP contribution in [0.15, 0.2) is 29.2 Å². The van der Waals surface area contributed by atoms with Crippen molar-refractivity contribution >= 4 is 21.6 Å². The molecule has 0 unspecified atom stereocenters. The van der Waals surface area contributed by atoms with Crippen LogP contribution in [0.2, 0.25) is 0 Å². The number of H-pyrrole nitrogens is 1. The molecule has 1 saturated heterocycles. The third-order valence-electron chi connectivity index (χ3n) is 5.20. The summed E-state index contributed by atoms with van der Waals surface area (Å²) in [5.74, 6) is -0.831. The van der Waals surface area contributed by atoms with Crippen molar-refractivity contribution < 1.29 is 22.4 Å². The van der Waals surface area contributed by atoms with Gasteiger partial charge in [0.05, 0.1) is 17.1 Å². The molecule has 1 aromatic carbocycles. The molecule has 0 amide bonds. The Morgan fingerprint density at radius 1 is 1.14 bits per heavy atom. The van der Waals surface area contributed by atoms with Crippen LogP contribution in [0.4, 0.5) is 4.39 Å². The van der Waals surface area contributed by atoms with Crippen LogP contribution in [0, 0.1) is 19.7 Å². The smallest absolute Gasteiger partial charge is 0.243 e. The fourth-order valence-electron chi connectivity index (χ4n) is 3.74. The number of nitrogens with one attached hydrogen (secondary N) is 1. The van der Waals surface area contributed by atoms with Gasteiger partial charge < -0.3 is 4.98 Å². The van der Waals surface area contributed by atoms with Crippen molar-refractivity contribution in [2.24, 2.45) is 0 Å². The zero-order valence-corrected chi connectivity index (χ0v) is 17.5. The molecular weight excluding hydrogens is 397 g/mol. The summed E-state index contributed by atoms with van der Waals surface area (Å²) in [4.78, 5) is 29.3. The van der Waals surface area contributed by atoms with Crippen molar-refractivity contribution in [3.8, 4) is 0 Å². The minimum atomic E-state index is -3.77. The summed E-state index contributed by atoms with van der Waals surface area (Å²) in [6.07, 6.45) is 0. The maximum absolute atomic E-state index is 13.4. The maximum Gasteiger partial charge on any atom is 0.243 e. The van der Waals surface area contributed by atoms with E-state index >= 15 is 0 Å². The number of rotatable bonds is 6. The minimum absolute atomic E-state index is 0.0729. The second-order valence-electron chi connectivity index (χ2n) is 7.24. The van der Waals surface area contributed by atoms with Crippen LogP contribution in [0.5, 0.6) is 0 Å². The molecule has 0 aliphatic carbocycles. The monoisotopic (exact) mass is 421 g/mol. The molecule has 1 fully saturated rings. The molecule has 0 bridgehead atoms. The third-order valence-corrected chi connectivity index (χ3v) is 7.10. The zero-order valence-electron chi connectivity index (χ0n) is 16.7. The molecule has 7 nitrogen and oxygen atoms in total. The summed E-state index contributed by atoms with van der Waals surface area (Å²) in [6, 6.07) is 4.95. The predicted molar refractivity (Wildman–Crippen MR) is 106 cm³/mol. The molecule has 2 aromatic rings. The van der Waals surface area contributed by atoms with E-state index in [0.29, 0.717) is 35.6 Å². The van der Waals surface area contributed by atoms with E-state index in [4.69, 9.17) is 0 Å². The van der Waals surface area contributed by atoms with Gasteiger partial charge in [0.25, 0.3) is 0 Å². The number of hydrogen-bond acceptors (Lipinski definition) is 5. The van der Waals surface area contributed by atoms with E-state index in [2.05, 4.69) is 4.98 Å². The number of aryl methyl sites for hydroxylation is 1. The van der Waals surface area contributed by atoms with E-state index in [-0.39, 0.29) is 36.1 Å². The van der Waals surface area contributed by atoms with Gasteiger partial charge in [-0.25, -0.2) is 12.8 Å². The topological polar surface area (TPSA) is 90.6 Å². The molecule has 1 aliphatic heterocycles. The van der Waals surface area contributed by atoms with Gasteiger partial charge in [-0.05, 0) is 44.5 Å². The van der Waals surface area contributed by atoms with Gasteiger partial charge in [-0.2, -0.15) is 4.31 Å². The molecule has 3 rings (SSSR count). The Labute approximate surface area is 169 Å². The van der Waals surface area contributed by atoms with E-state index in [9.17, 15) is 22.4 Å². The average Bonchev–Trinajstić information content (AvgIpc) is 2.96. The van der Waals surface area contributed by atoms with Gasteiger partial charge in [0, 0.05) is 37.4 Å². The standard InChI is InChI=1S/C20H24FN3O4S/c1-13-19(15(3)25)14(2)22-20(13)18(26)12-23-7-9-24(10-8-23)29(27,28)17-6-4-5-16(21)11-17/h4-6,11,22H,7-10,12H2,1-3H3. The lowest BCUT2D eigenvalue weighted by Crippen LogP contribution is -2.49. The SMILES string of the molecule is CC(=O)c1c(C)[nH]c(C(=O)CN2CCN(S(=O)(=O)c3cccc(F)c3)CC2)c1C. The van der Waals surface area contributed by atoms with Gasteiger partial charge in [0.15, 0.2) is 11.6 Å². The fraction of sp³-hybridized carbons (Fsp3) is 0.400. The number of benzene rings is 1. The molecule has 9 heteroatoms. The van der Waals surface area contributed by atoms with Crippen LogP contribution in [0.25, 0.3) is 0 Å². The van der Waals surface area contributed by atoms with Crippen molar-refractivity contribution in [3.05, 3.63) is 52.6 Å². The van der Waals surface area contributed by atoms with Gasteiger partial charge in [-0.15, -0.1) is 0 Å². The molecule has 0 radical (unpaired) electrons. The molecule has 1 aliphatic rings. The van der Waals surface area contributed by atoms with Crippen molar-refractivity contribution in [3.63, 3.8) is 0 Å². The van der Waals surface area contributed by atoms with Crippen LogP contribution in [-0.4, -0.2) is 66.9 Å². The zero-order chi connectivity index (χ0) is 21.3. The Hall–Kier alpha value is -2.36. The Bertz CT molecular complexity index is 1050. The first kappa shape index (κ1) is 21.4. The number of Topliss-reactive ketones (excluding diaryl/α,β-unsaturated/α-hetero) is 2. The molecule has 0 spiro atoms. The molecule has 2 heterocycles. The third kappa shape index (κ3) is 4.31. The first-order valence-corrected chi connectivity index (χ1v) is 10.8. The number of hydrogen-bond donors (Lipinski definition) is 1. The Kier molecular flexibility index (Phi) is 6.02. The van der Waals surface area contributed by atoms with Gasteiger partial charge in [0.2, 0.25) is 10.0 Å². The summed E-state index contributed by atoms with van der Waals surface area (Å²) < 4.78 is 40.0. The Morgan fingerprint density at radius 3 is 2.34 bits per heavy atom. The highest BCUT2D eigenvalue weighted by Crippen LogP contribution is 2.21. The average molecular weight is 421 g/mol. The highest BCUT2D eigenvalue weighted by Gasteiger charge is 2.30. The molecule has 156 valence electrons. The number of halogens is 1. The number of aromatic amines is 1. The molecule has 1 N–H and O–H groups in total. The number of sulfonamides is 1. The summed E-state index contributed by atoms with van der Waals surface area (Å²) in [5.41, 5.74) is 2.28. The van der Waals surface area contributed by atoms with E-state index in [1.165, 1.54) is 29.4 Å². The highest BCUT2D eigenvalue weighted by molar-refractivity contribution is 7.89. The predicted octanol–water partition coefficient (Wildman–Crippen LogP) is 2.16. The largest absolute Gasteiger partial charge is 0.355 e. The first-order chi connectivity index (χ1) is 13.6. The van der Waals surface area contributed by atoms with Gasteiger partial charge >= 0.3 is 0 Å². The Balaban J connectivity index is 1.65. The van der Waals surface area contributed by atoms with Crippen molar-refractivity contribution in [1.29, 1.82) is 0 Å². The second kappa shape index (κ2) is 8.17. The molecule has 0 atom stereocenters. The van der Waals surface area contributed by atoms with Crippen LogP contribution in [0.3, 0.4) is 0 Å². The number of piperazine rings is 1. The maximum atomic E-state index is 13.4. The molecule has 1 aromatic heterocycles. The van der Waals surface area contributed by atoms with Crippen molar-refractivity contribution in [2.75, 3.05) is 32.7 Å². The molecule has 29 heavy (non-hydrogen) atoms. The normalized spacial score (nSPS) is 16.1. The van der Waals surface area contributed by atoms with E-state index in [1.54, 1.807) is 13.8 Å². The summed E-state index contributed by atoms with van der Waals surface area (Å²) in [5, 5.41) is 0. The van der Waals surface area contributed by atoms with Gasteiger partial charge in [-0.1, -0.05) is 6.07 Å². The lowest BCUT2D eigenvalue weighted by atomic mass is 10.1. The molecule has 0 saturated carbocycles. The summed E-state index contributed by atoms with van der Waals surface area (Å²) >= 11 is 0. The van der Waals surface area contributed by atoms with E-state index < -0.39 is 15.8 Å². The number of aromatic nitrogens is 1. The van der Waals surface area contributed by atoms with E-state index in [1.807, 2.05) is 4.90 Å². The van der Waals surface area contributed by atoms with Crippen molar-refractivity contribution in [2.45, 2.75) is 25.7 Å². The number of carbonyl (C=O) groups is 2. The minimum Gasteiger partial charge on any atom is -0.355 e. The van der Waals surface area contributed by atoms with Crippen LogP contribution in [-0.2, 0) is 10.0 Å². The first-order valence-electron chi connectivity index (χ1n) is 9.32. The summed E-state index contributed by atoms with van der Waals surface area (Å²) in [7, 11) is -3.77. The summed E-state index contributed by atoms with van der Waals surface area (Å²) in [6.45, 7) is 6.31. The number of nitrogens with zero attached hydrogens (tertiary/aromatic N) is 2. The van der Waals surface area contributed by atoms with E-state index in [0.717, 1.165) is 6.07 Å². The van der Waals surface area contributed by atoms with Crippen molar-refractivity contribution in [1.82, 2.24) is 14.2 Å². The Morgan fingerprint density at radius 2 is 1.79 bits per heavy atom. The van der Waals surface area contributed by atoms with Crippen LogP contribution >= 0.6 is 0 Å². The van der Waals surface area contributed by atoms with Crippen LogP contribution in [0.1, 0.15) is 39.0 Å². The lowest BCUT2D eigenvalue weighted by Gasteiger charge is -2.33. The number of carbonyl (C=O) groups excluding carboxylic acids is 2. The number of ketones is 2. The van der Waals surface area contributed by atoms with Gasteiger partial charge in [-0.3, -0.25) is 14.5 Å².